The van der Waals surface area contributed by atoms with Gasteiger partial charge in [0.25, 0.3) is 0 Å². The van der Waals surface area contributed by atoms with Crippen LogP contribution >= 0.6 is 11.3 Å². The van der Waals surface area contributed by atoms with Crippen molar-refractivity contribution in [2.24, 2.45) is 0 Å². The van der Waals surface area contributed by atoms with E-state index in [1.54, 1.807) is 12.2 Å². The molecule has 3 rings (SSSR count). The molecule has 0 aliphatic carbocycles. The van der Waals surface area contributed by atoms with Gasteiger partial charge in [-0.3, -0.25) is 0 Å². The number of rotatable bonds is 2. The molecule has 92 valence electrons. The highest BCUT2D eigenvalue weighted by Gasteiger charge is 2.30. The molecule has 0 amide bonds. The highest BCUT2D eigenvalue weighted by Crippen LogP contribution is 2.37. The van der Waals surface area contributed by atoms with Gasteiger partial charge in [0.15, 0.2) is 0 Å². The molecule has 18 heavy (non-hydrogen) atoms. The fourth-order valence-electron chi connectivity index (χ4n) is 1.78. The van der Waals surface area contributed by atoms with Crippen LogP contribution in [0.1, 0.15) is 4.88 Å². The molecule has 0 saturated carbocycles. The molecule has 1 aromatic heterocycles. The van der Waals surface area contributed by atoms with Gasteiger partial charge in [-0.05, 0) is 35.8 Å². The van der Waals surface area contributed by atoms with Crippen LogP contribution in [-0.2, 0) is 20.6 Å². The normalized spacial score (nSPS) is 24.9. The van der Waals surface area contributed by atoms with E-state index in [0.717, 1.165) is 10.3 Å². The number of thiophene rings is 1. The maximum atomic E-state index is 12.3. The molecule has 2 aliphatic heterocycles. The Morgan fingerprint density at radius 1 is 1.11 bits per heavy atom. The summed E-state index contributed by atoms with van der Waals surface area (Å²) in [6.07, 6.45) is 6.31. The van der Waals surface area contributed by atoms with E-state index >= 15 is 0 Å². The van der Waals surface area contributed by atoms with Gasteiger partial charge in [-0.25, -0.2) is 12.6 Å². The molecule has 1 atom stereocenters. The Morgan fingerprint density at radius 2 is 1.89 bits per heavy atom. The van der Waals surface area contributed by atoms with Gasteiger partial charge in [-0.2, -0.15) is 0 Å². The van der Waals surface area contributed by atoms with Gasteiger partial charge in [-0.15, -0.1) is 11.3 Å². The van der Waals surface area contributed by atoms with Gasteiger partial charge in [0, 0.05) is 10.3 Å². The fraction of sp³-hybridized carbons (Fsp3) is 0. The Morgan fingerprint density at radius 3 is 2.50 bits per heavy atom. The predicted octanol–water partition coefficient (Wildman–Crippen LogP) is 2.56. The number of allylic oxidation sites excluding steroid dienone is 4. The zero-order chi connectivity index (χ0) is 12.8. The first kappa shape index (κ1) is 11.8. The Bertz CT molecular complexity index is 744. The zero-order valence-corrected chi connectivity index (χ0v) is 11.5. The Hall–Kier alpha value is -1.24. The Labute approximate surface area is 111 Å². The minimum absolute atomic E-state index is 0.142. The molecular formula is C12H8O3S3. The highest BCUT2D eigenvalue weighted by atomic mass is 32.2. The molecule has 0 radical (unpaired) electrons. The van der Waals surface area contributed by atoms with E-state index in [-0.39, 0.29) is 4.91 Å². The molecule has 1 aromatic rings. The number of hydrogen-bond donors (Lipinski definition) is 0. The minimum atomic E-state index is -3.41. The third kappa shape index (κ3) is 1.77. The summed E-state index contributed by atoms with van der Waals surface area (Å²) in [5.41, 5.74) is 0. The van der Waals surface area contributed by atoms with E-state index in [1.165, 1.54) is 23.5 Å². The van der Waals surface area contributed by atoms with Crippen LogP contribution in [0.25, 0.3) is 4.91 Å². The number of hydrogen-bond acceptors (Lipinski definition) is 4. The lowest BCUT2D eigenvalue weighted by molar-refractivity contribution is 0.611. The van der Waals surface area contributed by atoms with E-state index in [4.69, 9.17) is 0 Å². The van der Waals surface area contributed by atoms with Crippen LogP contribution in [0, 0.1) is 0 Å². The van der Waals surface area contributed by atoms with Crippen LogP contribution < -0.4 is 0 Å². The maximum Gasteiger partial charge on any atom is 0.201 e. The monoisotopic (exact) mass is 296 g/mol. The second kappa shape index (κ2) is 4.15. The second-order valence-corrected chi connectivity index (χ2v) is 7.88. The Balaban J connectivity index is 1.96. The minimum Gasteiger partial charge on any atom is -0.249 e. The molecule has 2 aliphatic rings. The van der Waals surface area contributed by atoms with Crippen molar-refractivity contribution in [1.29, 1.82) is 0 Å². The summed E-state index contributed by atoms with van der Waals surface area (Å²) in [5, 5.41) is 3.03. The van der Waals surface area contributed by atoms with Crippen molar-refractivity contribution >= 4 is 36.9 Å². The first-order valence-corrected chi connectivity index (χ1v) is 8.69. The zero-order valence-electron chi connectivity index (χ0n) is 9.07. The average molecular weight is 296 g/mol. The van der Waals surface area contributed by atoms with Gasteiger partial charge in [0.05, 0.1) is 25.5 Å². The van der Waals surface area contributed by atoms with Gasteiger partial charge < -0.3 is 0 Å². The van der Waals surface area contributed by atoms with Crippen LogP contribution in [0.3, 0.4) is 0 Å². The first-order valence-electron chi connectivity index (χ1n) is 5.11. The van der Waals surface area contributed by atoms with Gasteiger partial charge >= 0.3 is 0 Å². The molecule has 0 spiro atoms. The van der Waals surface area contributed by atoms with E-state index in [2.05, 4.69) is 0 Å². The molecule has 0 bridgehead atoms. The summed E-state index contributed by atoms with van der Waals surface area (Å²) < 4.78 is 35.8. The summed E-state index contributed by atoms with van der Waals surface area (Å²) in [6.45, 7) is 0. The summed E-state index contributed by atoms with van der Waals surface area (Å²) in [5.74, 6) is 0. The van der Waals surface area contributed by atoms with Crippen molar-refractivity contribution in [3.63, 3.8) is 0 Å². The Kier molecular flexibility index (Phi) is 2.73. The molecular weight excluding hydrogens is 288 g/mol. The molecule has 0 fully saturated rings. The van der Waals surface area contributed by atoms with E-state index in [0.29, 0.717) is 9.81 Å². The highest BCUT2D eigenvalue weighted by molar-refractivity contribution is 8.03. The van der Waals surface area contributed by atoms with Gasteiger partial charge in [0.2, 0.25) is 9.84 Å². The van der Waals surface area contributed by atoms with Crippen molar-refractivity contribution < 1.29 is 12.6 Å². The first-order chi connectivity index (χ1) is 8.59. The second-order valence-electron chi connectivity index (χ2n) is 3.71. The van der Waals surface area contributed by atoms with E-state index < -0.39 is 20.6 Å². The third-order valence-corrected chi connectivity index (χ3v) is 6.76. The van der Waals surface area contributed by atoms with Crippen molar-refractivity contribution in [2.45, 2.75) is 0 Å². The molecule has 6 heteroatoms. The maximum absolute atomic E-state index is 12.3. The standard InChI is InChI=1S/C12H8O3S3/c13-17-10(9-3-1-7-16-9)5-6-11(17)12-4-2-8-18(12,14)15/h1-8H. The smallest absolute Gasteiger partial charge is 0.201 e. The lowest BCUT2D eigenvalue weighted by atomic mass is 10.3. The fourth-order valence-corrected chi connectivity index (χ4v) is 5.54. The summed E-state index contributed by atoms with van der Waals surface area (Å²) in [6, 6.07) is 3.75. The van der Waals surface area contributed by atoms with Crippen LogP contribution in [0.2, 0.25) is 0 Å². The average Bonchev–Trinajstić information content (AvgIpc) is 2.98. The quantitative estimate of drug-likeness (QED) is 0.843. The molecule has 0 aromatic carbocycles. The van der Waals surface area contributed by atoms with Crippen LogP contribution in [-0.4, -0.2) is 12.6 Å². The predicted molar refractivity (Wildman–Crippen MR) is 74.7 cm³/mol. The molecule has 1 unspecified atom stereocenters. The lowest BCUT2D eigenvalue weighted by Crippen LogP contribution is -2.03. The van der Waals surface area contributed by atoms with Crippen LogP contribution in [0.5, 0.6) is 0 Å². The topological polar surface area (TPSA) is 51.2 Å². The van der Waals surface area contributed by atoms with Gasteiger partial charge in [-0.1, -0.05) is 6.07 Å². The SMILES string of the molecule is O=S1C(C2=CC=CS2(=O)=O)=CC=C1c1cccs1. The van der Waals surface area contributed by atoms with Crippen molar-refractivity contribution in [3.05, 3.63) is 61.9 Å². The van der Waals surface area contributed by atoms with E-state index in [1.807, 2.05) is 17.5 Å². The summed E-state index contributed by atoms with van der Waals surface area (Å²) in [7, 11) is -4.83. The molecule has 3 nitrogen and oxygen atoms in total. The van der Waals surface area contributed by atoms with E-state index in [9.17, 15) is 12.6 Å². The van der Waals surface area contributed by atoms with Crippen molar-refractivity contribution in [3.8, 4) is 0 Å². The van der Waals surface area contributed by atoms with Crippen molar-refractivity contribution in [1.82, 2.24) is 0 Å². The van der Waals surface area contributed by atoms with Crippen LogP contribution in [0.15, 0.2) is 57.0 Å². The molecule has 0 saturated heterocycles. The number of sulfone groups is 1. The van der Waals surface area contributed by atoms with Crippen molar-refractivity contribution in [2.75, 3.05) is 0 Å². The van der Waals surface area contributed by atoms with Gasteiger partial charge in [0.1, 0.15) is 0 Å². The van der Waals surface area contributed by atoms with Crippen LogP contribution in [0.4, 0.5) is 0 Å². The largest absolute Gasteiger partial charge is 0.249 e. The molecule has 0 N–H and O–H groups in total. The lowest BCUT2D eigenvalue weighted by Gasteiger charge is -2.04. The molecule has 3 heterocycles. The summed E-state index contributed by atoms with van der Waals surface area (Å²) >= 11 is 1.49. The summed E-state index contributed by atoms with van der Waals surface area (Å²) in [4.78, 5) is 2.08. The third-order valence-electron chi connectivity index (χ3n) is 2.60.